The minimum absolute atomic E-state index is 0.327. The zero-order valence-corrected chi connectivity index (χ0v) is 11.8. The molecule has 1 atom stereocenters. The van der Waals surface area contributed by atoms with Gasteiger partial charge in [0.15, 0.2) is 0 Å². The van der Waals surface area contributed by atoms with Crippen molar-refractivity contribution in [2.24, 2.45) is 0 Å². The van der Waals surface area contributed by atoms with Crippen LogP contribution < -0.4 is 0 Å². The highest BCUT2D eigenvalue weighted by molar-refractivity contribution is 6.31. The molecule has 1 aliphatic carbocycles. The molecule has 0 aromatic heterocycles. The van der Waals surface area contributed by atoms with Gasteiger partial charge in [0.1, 0.15) is 5.82 Å². The molecule has 1 N–H and O–H groups in total. The number of halogens is 2. The summed E-state index contributed by atoms with van der Waals surface area (Å²) in [5.74, 6) is 0.246. The molecule has 0 radical (unpaired) electrons. The Morgan fingerprint density at radius 3 is 2.70 bits per heavy atom. The Bertz CT molecular complexity index is 622. The molecule has 0 amide bonds. The Morgan fingerprint density at radius 1 is 1.20 bits per heavy atom. The first-order valence-corrected chi connectivity index (χ1v) is 7.24. The molecule has 1 saturated carbocycles. The van der Waals surface area contributed by atoms with Crippen molar-refractivity contribution >= 4 is 11.6 Å². The van der Waals surface area contributed by atoms with Gasteiger partial charge in [-0.25, -0.2) is 4.39 Å². The predicted molar refractivity (Wildman–Crippen MR) is 78.5 cm³/mol. The fourth-order valence-corrected chi connectivity index (χ4v) is 2.79. The van der Waals surface area contributed by atoms with Crippen molar-refractivity contribution in [3.8, 4) is 0 Å². The zero-order chi connectivity index (χ0) is 14.1. The summed E-state index contributed by atoms with van der Waals surface area (Å²) in [5.41, 5.74) is 2.80. The summed E-state index contributed by atoms with van der Waals surface area (Å²) in [4.78, 5) is 0. The van der Waals surface area contributed by atoms with Crippen molar-refractivity contribution in [2.75, 3.05) is 0 Å². The van der Waals surface area contributed by atoms with Gasteiger partial charge in [0.05, 0.1) is 6.10 Å². The maximum Gasteiger partial charge on any atom is 0.123 e. The third kappa shape index (κ3) is 2.87. The van der Waals surface area contributed by atoms with E-state index >= 15 is 0 Å². The molecule has 2 aromatic carbocycles. The molecule has 104 valence electrons. The summed E-state index contributed by atoms with van der Waals surface area (Å²) in [6.45, 7) is 0. The molecule has 3 rings (SSSR count). The van der Waals surface area contributed by atoms with Gasteiger partial charge < -0.3 is 5.11 Å². The number of aliphatic hydroxyl groups is 1. The van der Waals surface area contributed by atoms with Crippen molar-refractivity contribution in [1.29, 1.82) is 0 Å². The maximum atomic E-state index is 13.3. The second-order valence-electron chi connectivity index (χ2n) is 5.36. The van der Waals surface area contributed by atoms with Crippen LogP contribution in [0.5, 0.6) is 0 Å². The quantitative estimate of drug-likeness (QED) is 0.870. The van der Waals surface area contributed by atoms with Crippen LogP contribution in [-0.4, -0.2) is 5.11 Å². The summed E-state index contributed by atoms with van der Waals surface area (Å²) in [7, 11) is 0. The molecule has 0 aliphatic heterocycles. The minimum Gasteiger partial charge on any atom is -0.388 e. The Morgan fingerprint density at radius 2 is 1.95 bits per heavy atom. The second-order valence-corrected chi connectivity index (χ2v) is 5.77. The van der Waals surface area contributed by atoms with Gasteiger partial charge in [-0.3, -0.25) is 0 Å². The highest BCUT2D eigenvalue weighted by Crippen LogP contribution is 2.43. The lowest BCUT2D eigenvalue weighted by Gasteiger charge is -2.16. The van der Waals surface area contributed by atoms with E-state index in [4.69, 9.17) is 11.6 Å². The van der Waals surface area contributed by atoms with E-state index < -0.39 is 6.10 Å². The molecular weight excluding hydrogens is 275 g/mol. The monoisotopic (exact) mass is 290 g/mol. The van der Waals surface area contributed by atoms with E-state index in [9.17, 15) is 9.50 Å². The van der Waals surface area contributed by atoms with Crippen LogP contribution in [0, 0.1) is 5.82 Å². The van der Waals surface area contributed by atoms with Crippen LogP contribution in [0.25, 0.3) is 0 Å². The summed E-state index contributed by atoms with van der Waals surface area (Å²) in [6, 6.07) is 12.2. The van der Waals surface area contributed by atoms with E-state index in [2.05, 4.69) is 6.07 Å². The lowest BCUT2D eigenvalue weighted by atomic mass is 9.95. The summed E-state index contributed by atoms with van der Waals surface area (Å²) >= 11 is 6.06. The number of benzene rings is 2. The molecule has 1 unspecified atom stereocenters. The van der Waals surface area contributed by atoms with Gasteiger partial charge in [-0.2, -0.15) is 0 Å². The van der Waals surface area contributed by atoms with E-state index in [0.29, 0.717) is 22.9 Å². The van der Waals surface area contributed by atoms with Gasteiger partial charge in [-0.1, -0.05) is 35.9 Å². The zero-order valence-electron chi connectivity index (χ0n) is 11.0. The average molecular weight is 291 g/mol. The van der Waals surface area contributed by atoms with Crippen molar-refractivity contribution in [2.45, 2.75) is 31.3 Å². The highest BCUT2D eigenvalue weighted by atomic mass is 35.5. The normalized spacial score (nSPS) is 16.1. The fraction of sp³-hybridized carbons (Fsp3) is 0.294. The fourth-order valence-electron chi connectivity index (χ4n) is 2.60. The van der Waals surface area contributed by atoms with E-state index in [-0.39, 0.29) is 5.82 Å². The van der Waals surface area contributed by atoms with E-state index in [1.807, 2.05) is 18.2 Å². The third-order valence-electron chi connectivity index (χ3n) is 3.79. The van der Waals surface area contributed by atoms with Crippen LogP contribution in [0.3, 0.4) is 0 Å². The summed E-state index contributed by atoms with van der Waals surface area (Å²) in [5, 5.41) is 11.0. The van der Waals surface area contributed by atoms with Crippen molar-refractivity contribution in [1.82, 2.24) is 0 Å². The third-order valence-corrected chi connectivity index (χ3v) is 4.16. The lowest BCUT2D eigenvalue weighted by molar-refractivity contribution is 0.177. The minimum atomic E-state index is -0.647. The van der Waals surface area contributed by atoms with Gasteiger partial charge in [-0.05, 0) is 53.6 Å². The van der Waals surface area contributed by atoms with E-state index in [1.54, 1.807) is 0 Å². The van der Waals surface area contributed by atoms with Gasteiger partial charge in [0.2, 0.25) is 0 Å². The van der Waals surface area contributed by atoms with Crippen LogP contribution in [-0.2, 0) is 6.42 Å². The standard InChI is InChI=1S/C17H16ClFO/c18-16-8-7-13(19)9-12(16)10-17(20)15-4-2-1-3-14(15)11-5-6-11/h1-4,7-9,11,17,20H,5-6,10H2. The first-order chi connectivity index (χ1) is 9.65. The van der Waals surface area contributed by atoms with Crippen molar-refractivity contribution in [3.63, 3.8) is 0 Å². The molecule has 1 aliphatic rings. The number of hydrogen-bond acceptors (Lipinski definition) is 1. The molecule has 0 bridgehead atoms. The Labute approximate surface area is 123 Å². The molecule has 0 saturated heterocycles. The molecule has 2 aromatic rings. The molecule has 0 spiro atoms. The first-order valence-electron chi connectivity index (χ1n) is 6.86. The molecule has 0 heterocycles. The van der Waals surface area contributed by atoms with Crippen LogP contribution in [0.2, 0.25) is 5.02 Å². The Kier molecular flexibility index (Phi) is 3.77. The smallest absolute Gasteiger partial charge is 0.123 e. The second kappa shape index (κ2) is 5.55. The Balaban J connectivity index is 1.86. The molecule has 3 heteroatoms. The van der Waals surface area contributed by atoms with Crippen LogP contribution in [0.4, 0.5) is 4.39 Å². The van der Waals surface area contributed by atoms with Gasteiger partial charge >= 0.3 is 0 Å². The van der Waals surface area contributed by atoms with Gasteiger partial charge in [-0.15, -0.1) is 0 Å². The molecule has 1 fully saturated rings. The lowest BCUT2D eigenvalue weighted by Crippen LogP contribution is -2.05. The largest absolute Gasteiger partial charge is 0.388 e. The topological polar surface area (TPSA) is 20.2 Å². The van der Waals surface area contributed by atoms with Crippen LogP contribution in [0.1, 0.15) is 41.6 Å². The average Bonchev–Trinajstić information content (AvgIpc) is 3.27. The van der Waals surface area contributed by atoms with Gasteiger partial charge in [0, 0.05) is 11.4 Å². The van der Waals surface area contributed by atoms with Crippen molar-refractivity contribution < 1.29 is 9.50 Å². The summed E-state index contributed by atoms with van der Waals surface area (Å²) in [6.07, 6.45) is 2.06. The number of hydrogen-bond donors (Lipinski definition) is 1. The maximum absolute atomic E-state index is 13.3. The Hall–Kier alpha value is -1.38. The number of rotatable bonds is 4. The molecular formula is C17H16ClFO. The first kappa shape index (κ1) is 13.6. The van der Waals surface area contributed by atoms with Crippen molar-refractivity contribution in [3.05, 3.63) is 70.0 Å². The molecule has 20 heavy (non-hydrogen) atoms. The van der Waals surface area contributed by atoms with E-state index in [1.165, 1.54) is 36.6 Å². The highest BCUT2D eigenvalue weighted by Gasteiger charge is 2.27. The molecule has 1 nitrogen and oxygen atoms in total. The SMILES string of the molecule is OC(Cc1cc(F)ccc1Cl)c1ccccc1C1CC1. The summed E-state index contributed by atoms with van der Waals surface area (Å²) < 4.78 is 13.3. The number of aliphatic hydroxyl groups excluding tert-OH is 1. The predicted octanol–water partition coefficient (Wildman–Crippen LogP) is 4.63. The van der Waals surface area contributed by atoms with Gasteiger partial charge in [0.25, 0.3) is 0 Å². The van der Waals surface area contributed by atoms with Crippen LogP contribution in [0.15, 0.2) is 42.5 Å². The van der Waals surface area contributed by atoms with Crippen LogP contribution >= 0.6 is 11.6 Å². The van der Waals surface area contributed by atoms with E-state index in [0.717, 1.165) is 5.56 Å².